The molecule has 0 aromatic carbocycles. The molecule has 104 valence electrons. The molecule has 0 N–H and O–H groups in total. The van der Waals surface area contributed by atoms with Gasteiger partial charge in [-0.1, -0.05) is 0 Å². The van der Waals surface area contributed by atoms with Gasteiger partial charge >= 0.3 is 12.1 Å². The SMILES string of the molecule is CC(C)(C)OC(=O)N1CCCC(OC(=O)CS)C1. The lowest BCUT2D eigenvalue weighted by Gasteiger charge is -2.33. The topological polar surface area (TPSA) is 55.8 Å². The minimum Gasteiger partial charge on any atom is -0.460 e. The number of amides is 1. The van der Waals surface area contributed by atoms with Gasteiger partial charge in [-0.15, -0.1) is 0 Å². The summed E-state index contributed by atoms with van der Waals surface area (Å²) >= 11 is 3.85. The first-order valence-electron chi connectivity index (χ1n) is 6.10. The summed E-state index contributed by atoms with van der Waals surface area (Å²) in [6.45, 7) is 6.52. The van der Waals surface area contributed by atoms with Crippen LogP contribution in [0.4, 0.5) is 4.79 Å². The molecular formula is C12H21NO4S. The van der Waals surface area contributed by atoms with Crippen molar-refractivity contribution >= 4 is 24.7 Å². The Bertz CT molecular complexity index is 314. The van der Waals surface area contributed by atoms with Gasteiger partial charge in [0.05, 0.1) is 12.3 Å². The number of thiol groups is 1. The Morgan fingerprint density at radius 1 is 1.39 bits per heavy atom. The molecule has 1 rings (SSSR count). The van der Waals surface area contributed by atoms with Crippen molar-refractivity contribution < 1.29 is 19.1 Å². The molecule has 1 amide bonds. The van der Waals surface area contributed by atoms with Crippen molar-refractivity contribution in [2.75, 3.05) is 18.8 Å². The largest absolute Gasteiger partial charge is 0.460 e. The summed E-state index contributed by atoms with van der Waals surface area (Å²) < 4.78 is 10.5. The van der Waals surface area contributed by atoms with Crippen LogP contribution in [-0.4, -0.2) is 47.5 Å². The molecule has 6 heteroatoms. The Balaban J connectivity index is 2.48. The average Bonchev–Trinajstić information content (AvgIpc) is 2.27. The molecule has 0 spiro atoms. The number of carbonyl (C=O) groups is 2. The van der Waals surface area contributed by atoms with Crippen LogP contribution in [0.25, 0.3) is 0 Å². The molecule has 0 bridgehead atoms. The van der Waals surface area contributed by atoms with Gasteiger partial charge in [-0.25, -0.2) is 4.79 Å². The van der Waals surface area contributed by atoms with E-state index in [0.29, 0.717) is 13.1 Å². The summed E-state index contributed by atoms with van der Waals surface area (Å²) in [5, 5.41) is 0. The van der Waals surface area contributed by atoms with Crippen LogP contribution in [0.3, 0.4) is 0 Å². The van der Waals surface area contributed by atoms with Gasteiger partial charge < -0.3 is 14.4 Å². The lowest BCUT2D eigenvalue weighted by atomic mass is 10.1. The zero-order chi connectivity index (χ0) is 13.8. The Morgan fingerprint density at radius 2 is 2.06 bits per heavy atom. The smallest absolute Gasteiger partial charge is 0.410 e. The zero-order valence-corrected chi connectivity index (χ0v) is 12.0. The molecule has 1 aliphatic heterocycles. The first-order chi connectivity index (χ1) is 8.31. The highest BCUT2D eigenvalue weighted by Gasteiger charge is 2.29. The lowest BCUT2D eigenvalue weighted by Crippen LogP contribution is -2.46. The van der Waals surface area contributed by atoms with Crippen LogP contribution < -0.4 is 0 Å². The molecule has 0 radical (unpaired) electrons. The van der Waals surface area contributed by atoms with Crippen LogP contribution in [0.2, 0.25) is 0 Å². The van der Waals surface area contributed by atoms with Crippen LogP contribution in [-0.2, 0) is 14.3 Å². The van der Waals surface area contributed by atoms with E-state index in [1.54, 1.807) is 4.90 Å². The number of esters is 1. The fraction of sp³-hybridized carbons (Fsp3) is 0.833. The Kier molecular flexibility index (Phi) is 5.31. The summed E-state index contributed by atoms with van der Waals surface area (Å²) in [6.07, 6.45) is 0.989. The zero-order valence-electron chi connectivity index (χ0n) is 11.1. The van der Waals surface area contributed by atoms with E-state index in [1.165, 1.54) is 0 Å². The third-order valence-corrected chi connectivity index (χ3v) is 2.72. The fourth-order valence-corrected chi connectivity index (χ4v) is 1.82. The maximum Gasteiger partial charge on any atom is 0.410 e. The summed E-state index contributed by atoms with van der Waals surface area (Å²) in [4.78, 5) is 24.6. The number of nitrogens with zero attached hydrogens (tertiary/aromatic N) is 1. The van der Waals surface area contributed by atoms with E-state index in [-0.39, 0.29) is 23.9 Å². The van der Waals surface area contributed by atoms with E-state index in [2.05, 4.69) is 12.6 Å². The number of piperidine rings is 1. The van der Waals surface area contributed by atoms with Crippen molar-refractivity contribution in [1.29, 1.82) is 0 Å². The third-order valence-electron chi connectivity index (χ3n) is 2.46. The van der Waals surface area contributed by atoms with Crippen molar-refractivity contribution in [1.82, 2.24) is 4.90 Å². The first-order valence-corrected chi connectivity index (χ1v) is 6.73. The number of rotatable bonds is 2. The Labute approximate surface area is 113 Å². The molecule has 1 saturated heterocycles. The second kappa shape index (κ2) is 6.31. The van der Waals surface area contributed by atoms with Crippen molar-refractivity contribution in [3.63, 3.8) is 0 Å². The van der Waals surface area contributed by atoms with Crippen molar-refractivity contribution in [3.8, 4) is 0 Å². The van der Waals surface area contributed by atoms with Gasteiger partial charge in [-0.05, 0) is 33.6 Å². The summed E-state index contributed by atoms with van der Waals surface area (Å²) in [7, 11) is 0. The van der Waals surface area contributed by atoms with E-state index in [9.17, 15) is 9.59 Å². The van der Waals surface area contributed by atoms with Gasteiger partial charge in [0.1, 0.15) is 11.7 Å². The number of likely N-dealkylation sites (tertiary alicyclic amines) is 1. The van der Waals surface area contributed by atoms with E-state index >= 15 is 0 Å². The number of ether oxygens (including phenoxy) is 2. The number of hydrogen-bond acceptors (Lipinski definition) is 5. The van der Waals surface area contributed by atoms with Crippen LogP contribution in [0, 0.1) is 0 Å². The van der Waals surface area contributed by atoms with Gasteiger partial charge in [0, 0.05) is 6.54 Å². The first kappa shape index (κ1) is 15.1. The van der Waals surface area contributed by atoms with Gasteiger partial charge in [-0.3, -0.25) is 4.79 Å². The average molecular weight is 275 g/mol. The van der Waals surface area contributed by atoms with Crippen LogP contribution in [0.5, 0.6) is 0 Å². The maximum atomic E-state index is 11.9. The van der Waals surface area contributed by atoms with E-state index in [4.69, 9.17) is 9.47 Å². The number of hydrogen-bond donors (Lipinski definition) is 1. The molecule has 0 aliphatic carbocycles. The minimum atomic E-state index is -0.508. The predicted octanol–water partition coefficient (Wildman–Crippen LogP) is 1.86. The van der Waals surface area contributed by atoms with E-state index < -0.39 is 5.60 Å². The molecule has 1 fully saturated rings. The number of carbonyl (C=O) groups excluding carboxylic acids is 2. The molecule has 1 aliphatic rings. The van der Waals surface area contributed by atoms with Crippen LogP contribution in [0.15, 0.2) is 0 Å². The molecule has 0 saturated carbocycles. The molecule has 1 heterocycles. The third kappa shape index (κ3) is 5.16. The molecule has 1 unspecified atom stereocenters. The second-order valence-electron chi connectivity index (χ2n) is 5.34. The Hall–Kier alpha value is -0.910. The van der Waals surface area contributed by atoms with Gasteiger partial charge in [-0.2, -0.15) is 12.6 Å². The van der Waals surface area contributed by atoms with Gasteiger partial charge in [0.25, 0.3) is 0 Å². The lowest BCUT2D eigenvalue weighted by molar-refractivity contribution is -0.148. The molecule has 1 atom stereocenters. The van der Waals surface area contributed by atoms with E-state index in [1.807, 2.05) is 20.8 Å². The molecule has 5 nitrogen and oxygen atoms in total. The van der Waals surface area contributed by atoms with Crippen molar-refractivity contribution in [2.45, 2.75) is 45.3 Å². The summed E-state index contributed by atoms with van der Waals surface area (Å²) in [6, 6.07) is 0. The normalized spacial score (nSPS) is 20.4. The fourth-order valence-electron chi connectivity index (χ4n) is 1.75. The van der Waals surface area contributed by atoms with E-state index in [0.717, 1.165) is 12.8 Å². The summed E-state index contributed by atoms with van der Waals surface area (Å²) in [5.41, 5.74) is -0.508. The maximum absolute atomic E-state index is 11.9. The van der Waals surface area contributed by atoms with Crippen molar-refractivity contribution in [2.24, 2.45) is 0 Å². The van der Waals surface area contributed by atoms with Crippen LogP contribution >= 0.6 is 12.6 Å². The predicted molar refractivity (Wildman–Crippen MR) is 70.8 cm³/mol. The quantitative estimate of drug-likeness (QED) is 0.617. The van der Waals surface area contributed by atoms with Crippen molar-refractivity contribution in [3.05, 3.63) is 0 Å². The van der Waals surface area contributed by atoms with Gasteiger partial charge in [0.2, 0.25) is 0 Å². The summed E-state index contributed by atoms with van der Waals surface area (Å²) in [5.74, 6) is -0.294. The highest BCUT2D eigenvalue weighted by atomic mass is 32.1. The molecule has 18 heavy (non-hydrogen) atoms. The molecule has 0 aromatic heterocycles. The monoisotopic (exact) mass is 275 g/mol. The molecular weight excluding hydrogens is 254 g/mol. The highest BCUT2D eigenvalue weighted by molar-refractivity contribution is 7.81. The van der Waals surface area contributed by atoms with Gasteiger partial charge in [0.15, 0.2) is 0 Å². The minimum absolute atomic E-state index is 0.0585. The molecule has 0 aromatic rings. The highest BCUT2D eigenvalue weighted by Crippen LogP contribution is 2.17. The van der Waals surface area contributed by atoms with Crippen LogP contribution in [0.1, 0.15) is 33.6 Å². The second-order valence-corrected chi connectivity index (χ2v) is 5.65. The Morgan fingerprint density at radius 3 is 2.61 bits per heavy atom. The standard InChI is InChI=1S/C12H21NO4S/c1-12(2,3)17-11(15)13-6-4-5-9(7-13)16-10(14)8-18/h9,18H,4-8H2,1-3H3.